The van der Waals surface area contributed by atoms with Gasteiger partial charge in [0.05, 0.1) is 4.47 Å². The van der Waals surface area contributed by atoms with Crippen LogP contribution in [0.4, 0.5) is 11.8 Å². The van der Waals surface area contributed by atoms with Crippen LogP contribution in [0.1, 0.15) is 12.8 Å². The van der Waals surface area contributed by atoms with Crippen molar-refractivity contribution in [3.63, 3.8) is 0 Å². The Labute approximate surface area is 85.3 Å². The molecular weight excluding hydrogens is 232 g/mol. The predicted octanol–water partition coefficient (Wildman–Crippen LogP) is 1.42. The van der Waals surface area contributed by atoms with Crippen LogP contribution < -0.4 is 10.6 Å². The molecule has 1 aliphatic rings. The van der Waals surface area contributed by atoms with Crippen molar-refractivity contribution in [1.82, 2.24) is 9.97 Å². The van der Waals surface area contributed by atoms with Gasteiger partial charge in [0.25, 0.3) is 0 Å². The molecule has 0 saturated heterocycles. The number of rotatable bonds is 2. The third-order valence-corrected chi connectivity index (χ3v) is 2.73. The van der Waals surface area contributed by atoms with Crippen molar-refractivity contribution in [3.05, 3.63) is 10.7 Å². The number of anilines is 2. The first-order chi connectivity index (χ1) is 6.18. The molecule has 2 N–H and O–H groups in total. The summed E-state index contributed by atoms with van der Waals surface area (Å²) in [5.41, 5.74) is 5.52. The number of nitrogen functional groups attached to an aromatic ring is 1. The first kappa shape index (κ1) is 8.74. The minimum atomic E-state index is 0.325. The van der Waals surface area contributed by atoms with Gasteiger partial charge in [0.1, 0.15) is 5.82 Å². The molecule has 0 aliphatic heterocycles. The quantitative estimate of drug-likeness (QED) is 0.853. The molecule has 0 spiro atoms. The molecule has 0 bridgehead atoms. The fraction of sp³-hybridized carbons (Fsp3) is 0.500. The summed E-state index contributed by atoms with van der Waals surface area (Å²) in [6.07, 6.45) is 4.18. The zero-order valence-electron chi connectivity index (χ0n) is 7.37. The van der Waals surface area contributed by atoms with E-state index in [1.807, 2.05) is 7.05 Å². The van der Waals surface area contributed by atoms with Gasteiger partial charge in [-0.15, -0.1) is 0 Å². The van der Waals surface area contributed by atoms with Crippen LogP contribution in [0.3, 0.4) is 0 Å². The van der Waals surface area contributed by atoms with Crippen LogP contribution in [-0.4, -0.2) is 23.1 Å². The lowest BCUT2D eigenvalue weighted by Crippen LogP contribution is -2.21. The van der Waals surface area contributed by atoms with Crippen molar-refractivity contribution in [2.24, 2.45) is 0 Å². The van der Waals surface area contributed by atoms with E-state index in [0.717, 1.165) is 10.3 Å². The highest BCUT2D eigenvalue weighted by atomic mass is 79.9. The van der Waals surface area contributed by atoms with Gasteiger partial charge in [0, 0.05) is 19.3 Å². The van der Waals surface area contributed by atoms with Crippen molar-refractivity contribution < 1.29 is 0 Å². The van der Waals surface area contributed by atoms with Crippen molar-refractivity contribution in [3.8, 4) is 0 Å². The van der Waals surface area contributed by atoms with E-state index in [-0.39, 0.29) is 0 Å². The summed E-state index contributed by atoms with van der Waals surface area (Å²) in [5, 5.41) is 0. The zero-order valence-corrected chi connectivity index (χ0v) is 8.95. The second-order valence-electron chi connectivity index (χ2n) is 3.24. The summed E-state index contributed by atoms with van der Waals surface area (Å²) in [5.74, 6) is 1.21. The maximum atomic E-state index is 5.52. The molecule has 1 aromatic heterocycles. The van der Waals surface area contributed by atoms with E-state index in [9.17, 15) is 0 Å². The van der Waals surface area contributed by atoms with Crippen LogP contribution in [0.15, 0.2) is 10.7 Å². The van der Waals surface area contributed by atoms with Crippen LogP contribution in [-0.2, 0) is 0 Å². The molecule has 2 rings (SSSR count). The Morgan fingerprint density at radius 1 is 1.62 bits per heavy atom. The molecule has 1 fully saturated rings. The number of hydrogen-bond acceptors (Lipinski definition) is 4. The topological polar surface area (TPSA) is 55.0 Å². The second-order valence-corrected chi connectivity index (χ2v) is 4.10. The number of halogens is 1. The second kappa shape index (κ2) is 3.14. The van der Waals surface area contributed by atoms with Gasteiger partial charge in [0.15, 0.2) is 0 Å². The lowest BCUT2D eigenvalue weighted by molar-refractivity contribution is 0.883. The Morgan fingerprint density at radius 3 is 2.92 bits per heavy atom. The number of hydrogen-bond donors (Lipinski definition) is 1. The van der Waals surface area contributed by atoms with Crippen molar-refractivity contribution >= 4 is 27.7 Å². The molecule has 70 valence electrons. The molecule has 4 nitrogen and oxygen atoms in total. The van der Waals surface area contributed by atoms with Crippen LogP contribution in [0.25, 0.3) is 0 Å². The zero-order chi connectivity index (χ0) is 9.42. The molecular formula is C8H11BrN4. The Kier molecular flexibility index (Phi) is 2.11. The first-order valence-electron chi connectivity index (χ1n) is 4.19. The Balaban J connectivity index is 2.31. The molecule has 0 unspecified atom stereocenters. The molecule has 0 amide bonds. The molecule has 0 radical (unpaired) electrons. The molecule has 1 aliphatic carbocycles. The Bertz CT molecular complexity index is 324. The lowest BCUT2D eigenvalue weighted by atomic mass is 10.5. The van der Waals surface area contributed by atoms with Gasteiger partial charge in [-0.05, 0) is 28.8 Å². The highest BCUT2D eigenvalue weighted by Crippen LogP contribution is 2.32. The summed E-state index contributed by atoms with van der Waals surface area (Å²) in [6, 6.07) is 0.630. The number of nitrogens with two attached hydrogens (primary N) is 1. The fourth-order valence-corrected chi connectivity index (χ4v) is 1.72. The Morgan fingerprint density at radius 2 is 2.31 bits per heavy atom. The maximum Gasteiger partial charge on any atom is 0.222 e. The summed E-state index contributed by atoms with van der Waals surface area (Å²) in [4.78, 5) is 10.2. The monoisotopic (exact) mass is 242 g/mol. The largest absolute Gasteiger partial charge is 0.368 e. The third kappa shape index (κ3) is 1.75. The van der Waals surface area contributed by atoms with E-state index in [1.54, 1.807) is 6.20 Å². The normalized spacial score (nSPS) is 15.8. The maximum absolute atomic E-state index is 5.52. The van der Waals surface area contributed by atoms with Gasteiger partial charge in [-0.3, -0.25) is 0 Å². The molecule has 1 aromatic rings. The summed E-state index contributed by atoms with van der Waals surface area (Å²) in [6.45, 7) is 0. The van der Waals surface area contributed by atoms with Gasteiger partial charge in [-0.1, -0.05) is 0 Å². The summed E-state index contributed by atoms with van der Waals surface area (Å²) < 4.78 is 0.899. The average molecular weight is 243 g/mol. The molecule has 13 heavy (non-hydrogen) atoms. The van der Waals surface area contributed by atoms with E-state index in [4.69, 9.17) is 5.73 Å². The van der Waals surface area contributed by atoms with Crippen LogP contribution in [0, 0.1) is 0 Å². The van der Waals surface area contributed by atoms with Gasteiger partial charge in [-0.2, -0.15) is 4.98 Å². The minimum absolute atomic E-state index is 0.325. The lowest BCUT2D eigenvalue weighted by Gasteiger charge is -2.18. The highest BCUT2D eigenvalue weighted by Gasteiger charge is 2.28. The molecule has 0 aromatic carbocycles. The van der Waals surface area contributed by atoms with Crippen LogP contribution >= 0.6 is 15.9 Å². The molecule has 5 heteroatoms. The highest BCUT2D eigenvalue weighted by molar-refractivity contribution is 9.10. The first-order valence-corrected chi connectivity index (χ1v) is 4.98. The third-order valence-electron chi connectivity index (χ3n) is 2.17. The van der Waals surface area contributed by atoms with Crippen molar-refractivity contribution in [1.29, 1.82) is 0 Å². The van der Waals surface area contributed by atoms with Crippen molar-refractivity contribution in [2.75, 3.05) is 17.7 Å². The summed E-state index contributed by atoms with van der Waals surface area (Å²) in [7, 11) is 2.03. The van der Waals surface area contributed by atoms with E-state index in [1.165, 1.54) is 12.8 Å². The number of aromatic nitrogens is 2. The van der Waals surface area contributed by atoms with E-state index in [0.29, 0.717) is 12.0 Å². The molecule has 1 heterocycles. The predicted molar refractivity (Wildman–Crippen MR) is 55.6 cm³/mol. The smallest absolute Gasteiger partial charge is 0.222 e. The van der Waals surface area contributed by atoms with Crippen LogP contribution in [0.2, 0.25) is 0 Å². The average Bonchev–Trinajstić information content (AvgIpc) is 2.91. The summed E-state index contributed by atoms with van der Waals surface area (Å²) >= 11 is 3.40. The van der Waals surface area contributed by atoms with E-state index < -0.39 is 0 Å². The standard InChI is InChI=1S/C8H11BrN4/c1-13(5-2-3-5)7-6(9)4-11-8(10)12-7/h4-5H,2-3H2,1H3,(H2,10,11,12). The minimum Gasteiger partial charge on any atom is -0.368 e. The fourth-order valence-electron chi connectivity index (χ4n) is 1.25. The van der Waals surface area contributed by atoms with Gasteiger partial charge in [0.2, 0.25) is 5.95 Å². The van der Waals surface area contributed by atoms with Gasteiger partial charge in [-0.25, -0.2) is 4.98 Å². The number of nitrogens with zero attached hydrogens (tertiary/aromatic N) is 3. The van der Waals surface area contributed by atoms with E-state index >= 15 is 0 Å². The van der Waals surface area contributed by atoms with Crippen molar-refractivity contribution in [2.45, 2.75) is 18.9 Å². The van der Waals surface area contributed by atoms with Gasteiger partial charge < -0.3 is 10.6 Å². The Hall–Kier alpha value is -0.840. The van der Waals surface area contributed by atoms with Crippen LogP contribution in [0.5, 0.6) is 0 Å². The van der Waals surface area contributed by atoms with Gasteiger partial charge >= 0.3 is 0 Å². The SMILES string of the molecule is CN(c1nc(N)ncc1Br)C1CC1. The van der Waals surface area contributed by atoms with E-state index in [2.05, 4.69) is 30.8 Å². The molecule has 0 atom stereocenters. The molecule has 1 saturated carbocycles.